The number of carbonyl (C=O) groups excluding carboxylic acids is 1. The van der Waals surface area contributed by atoms with E-state index in [0.717, 1.165) is 19.6 Å². The van der Waals surface area contributed by atoms with Gasteiger partial charge in [-0.1, -0.05) is 6.07 Å². The van der Waals surface area contributed by atoms with Crippen LogP contribution in [0.15, 0.2) is 29.8 Å². The predicted octanol–water partition coefficient (Wildman–Crippen LogP) is 1.64. The Hall–Kier alpha value is -1.66. The van der Waals surface area contributed by atoms with Crippen molar-refractivity contribution in [3.05, 3.63) is 40.3 Å². The van der Waals surface area contributed by atoms with E-state index < -0.39 is 0 Å². The van der Waals surface area contributed by atoms with Crippen LogP contribution in [0.25, 0.3) is 0 Å². The van der Waals surface area contributed by atoms with Gasteiger partial charge in [-0.05, 0) is 17.5 Å². The van der Waals surface area contributed by atoms with Gasteiger partial charge < -0.3 is 5.32 Å². The maximum atomic E-state index is 11.7. The van der Waals surface area contributed by atoms with Gasteiger partial charge in [0.25, 0.3) is 0 Å². The minimum atomic E-state index is 0.0643. The van der Waals surface area contributed by atoms with Crippen molar-refractivity contribution in [2.45, 2.75) is 25.6 Å². The molecule has 1 aliphatic heterocycles. The highest BCUT2D eigenvalue weighted by atomic mass is 32.1. The van der Waals surface area contributed by atoms with Gasteiger partial charge in [-0.25, -0.2) is 0 Å². The second-order valence-corrected chi connectivity index (χ2v) is 6.08. The SMILES string of the molecule is CNC(=O)C[C@H]1CN(Cc2cccs2)Cc2ccnn21. The zero-order chi connectivity index (χ0) is 13.9. The summed E-state index contributed by atoms with van der Waals surface area (Å²) in [5.41, 5.74) is 1.18. The molecule has 0 fully saturated rings. The smallest absolute Gasteiger partial charge is 0.221 e. The van der Waals surface area contributed by atoms with Crippen LogP contribution in [-0.2, 0) is 17.9 Å². The first-order chi connectivity index (χ1) is 9.76. The lowest BCUT2D eigenvalue weighted by Gasteiger charge is -2.33. The number of nitrogens with zero attached hydrogens (tertiary/aromatic N) is 3. The zero-order valence-corrected chi connectivity index (χ0v) is 12.3. The second-order valence-electron chi connectivity index (χ2n) is 5.05. The van der Waals surface area contributed by atoms with Crippen LogP contribution in [0.4, 0.5) is 0 Å². The molecule has 0 aliphatic carbocycles. The molecular weight excluding hydrogens is 272 g/mol. The number of rotatable bonds is 4. The third-order valence-corrected chi connectivity index (χ3v) is 4.47. The van der Waals surface area contributed by atoms with Crippen LogP contribution in [0, 0.1) is 0 Å². The summed E-state index contributed by atoms with van der Waals surface area (Å²) >= 11 is 1.78. The quantitative estimate of drug-likeness (QED) is 0.931. The summed E-state index contributed by atoms with van der Waals surface area (Å²) in [5.74, 6) is 0.0643. The summed E-state index contributed by atoms with van der Waals surface area (Å²) in [6.07, 6.45) is 2.30. The first-order valence-electron chi connectivity index (χ1n) is 6.74. The molecule has 2 aromatic heterocycles. The molecule has 1 N–H and O–H groups in total. The van der Waals surface area contributed by atoms with Crippen molar-refractivity contribution in [2.24, 2.45) is 0 Å². The summed E-state index contributed by atoms with van der Waals surface area (Å²) in [6, 6.07) is 6.39. The van der Waals surface area contributed by atoms with E-state index in [9.17, 15) is 4.79 Å². The summed E-state index contributed by atoms with van der Waals surface area (Å²) < 4.78 is 2.00. The number of hydrogen-bond donors (Lipinski definition) is 1. The molecule has 0 aromatic carbocycles. The van der Waals surface area contributed by atoms with E-state index in [4.69, 9.17) is 0 Å². The molecule has 1 aliphatic rings. The molecule has 3 heterocycles. The highest BCUT2D eigenvalue weighted by molar-refractivity contribution is 7.09. The molecule has 1 amide bonds. The van der Waals surface area contributed by atoms with Crippen molar-refractivity contribution >= 4 is 17.2 Å². The van der Waals surface area contributed by atoms with Crippen molar-refractivity contribution in [2.75, 3.05) is 13.6 Å². The third kappa shape index (κ3) is 2.76. The average molecular weight is 290 g/mol. The van der Waals surface area contributed by atoms with Crippen molar-refractivity contribution in [1.82, 2.24) is 20.0 Å². The van der Waals surface area contributed by atoms with E-state index in [1.54, 1.807) is 18.4 Å². The van der Waals surface area contributed by atoms with Gasteiger partial charge in [0.2, 0.25) is 5.91 Å². The van der Waals surface area contributed by atoms with Gasteiger partial charge in [0.05, 0.1) is 18.2 Å². The standard InChI is InChI=1S/C14H18N4OS/c1-15-14(19)7-12-9-17(10-13-3-2-6-20-13)8-11-4-5-16-18(11)12/h2-6,12H,7-10H2,1H3,(H,15,19)/t12-/m0/s1. The molecular formula is C14H18N4OS. The summed E-state index contributed by atoms with van der Waals surface area (Å²) in [5, 5.41) is 9.17. The number of nitrogens with one attached hydrogen (secondary N) is 1. The molecule has 20 heavy (non-hydrogen) atoms. The lowest BCUT2D eigenvalue weighted by atomic mass is 10.1. The van der Waals surface area contributed by atoms with Crippen molar-refractivity contribution in [1.29, 1.82) is 0 Å². The Bertz CT molecular complexity index is 578. The predicted molar refractivity (Wildman–Crippen MR) is 78.4 cm³/mol. The van der Waals surface area contributed by atoms with Gasteiger partial charge in [-0.3, -0.25) is 14.4 Å². The Kier molecular flexibility index (Phi) is 3.84. The molecule has 6 heteroatoms. The van der Waals surface area contributed by atoms with Gasteiger partial charge in [0, 0.05) is 37.8 Å². The number of aromatic nitrogens is 2. The van der Waals surface area contributed by atoms with Crippen LogP contribution in [0.1, 0.15) is 23.0 Å². The number of thiophene rings is 1. The number of carbonyl (C=O) groups is 1. The number of fused-ring (bicyclic) bond motifs is 1. The summed E-state index contributed by atoms with van der Waals surface area (Å²) in [4.78, 5) is 15.4. The highest BCUT2D eigenvalue weighted by Gasteiger charge is 2.27. The molecule has 0 spiro atoms. The van der Waals surface area contributed by atoms with E-state index >= 15 is 0 Å². The lowest BCUT2D eigenvalue weighted by molar-refractivity contribution is -0.121. The Labute approximate surface area is 122 Å². The van der Waals surface area contributed by atoms with Crippen LogP contribution in [0.5, 0.6) is 0 Å². The largest absolute Gasteiger partial charge is 0.359 e. The van der Waals surface area contributed by atoms with Crippen molar-refractivity contribution in [3.63, 3.8) is 0 Å². The Morgan fingerprint density at radius 2 is 2.45 bits per heavy atom. The van der Waals surface area contributed by atoms with Crippen LogP contribution in [0.2, 0.25) is 0 Å². The zero-order valence-electron chi connectivity index (χ0n) is 11.5. The van der Waals surface area contributed by atoms with E-state index in [0.29, 0.717) is 6.42 Å². The van der Waals surface area contributed by atoms with E-state index in [1.165, 1.54) is 10.6 Å². The highest BCUT2D eigenvalue weighted by Crippen LogP contribution is 2.25. The van der Waals surface area contributed by atoms with Gasteiger partial charge in [0.15, 0.2) is 0 Å². The molecule has 0 saturated heterocycles. The third-order valence-electron chi connectivity index (χ3n) is 3.61. The molecule has 3 rings (SSSR count). The van der Waals surface area contributed by atoms with Gasteiger partial charge in [-0.15, -0.1) is 11.3 Å². The Balaban J connectivity index is 1.75. The molecule has 0 radical (unpaired) electrons. The van der Waals surface area contributed by atoms with Crippen LogP contribution < -0.4 is 5.32 Å². The van der Waals surface area contributed by atoms with Crippen molar-refractivity contribution < 1.29 is 4.79 Å². The summed E-state index contributed by atoms with van der Waals surface area (Å²) in [7, 11) is 1.68. The normalized spacial score (nSPS) is 18.8. The van der Waals surface area contributed by atoms with Crippen LogP contribution in [-0.4, -0.2) is 34.2 Å². The fraction of sp³-hybridized carbons (Fsp3) is 0.429. The molecule has 0 unspecified atom stereocenters. The lowest BCUT2D eigenvalue weighted by Crippen LogP contribution is -2.39. The molecule has 106 valence electrons. The first-order valence-corrected chi connectivity index (χ1v) is 7.62. The van der Waals surface area contributed by atoms with Gasteiger partial charge >= 0.3 is 0 Å². The fourth-order valence-corrected chi connectivity index (χ4v) is 3.42. The van der Waals surface area contributed by atoms with Gasteiger partial charge in [0.1, 0.15) is 0 Å². The topological polar surface area (TPSA) is 50.2 Å². The van der Waals surface area contributed by atoms with E-state index in [1.807, 2.05) is 16.9 Å². The van der Waals surface area contributed by atoms with Gasteiger partial charge in [-0.2, -0.15) is 5.10 Å². The minimum Gasteiger partial charge on any atom is -0.359 e. The number of amides is 1. The van der Waals surface area contributed by atoms with Crippen molar-refractivity contribution in [3.8, 4) is 0 Å². The van der Waals surface area contributed by atoms with Crippen LogP contribution >= 0.6 is 11.3 Å². The molecule has 0 bridgehead atoms. The molecule has 2 aromatic rings. The first kappa shape index (κ1) is 13.3. The summed E-state index contributed by atoms with van der Waals surface area (Å²) in [6.45, 7) is 2.69. The Morgan fingerprint density at radius 3 is 3.20 bits per heavy atom. The Morgan fingerprint density at radius 1 is 1.55 bits per heavy atom. The maximum Gasteiger partial charge on any atom is 0.221 e. The van der Waals surface area contributed by atoms with E-state index in [2.05, 4.69) is 32.8 Å². The average Bonchev–Trinajstić information content (AvgIpc) is 3.09. The maximum absolute atomic E-state index is 11.7. The molecule has 5 nitrogen and oxygen atoms in total. The molecule has 1 atom stereocenters. The van der Waals surface area contributed by atoms with E-state index in [-0.39, 0.29) is 11.9 Å². The van der Waals surface area contributed by atoms with Crippen LogP contribution in [0.3, 0.4) is 0 Å². The number of hydrogen-bond acceptors (Lipinski definition) is 4. The monoisotopic (exact) mass is 290 g/mol. The fourth-order valence-electron chi connectivity index (χ4n) is 2.68. The minimum absolute atomic E-state index is 0.0643. The molecule has 0 saturated carbocycles. The second kappa shape index (κ2) is 5.76.